The number of carbonyl (C=O) groups excluding carboxylic acids is 2. The highest BCUT2D eigenvalue weighted by Gasteiger charge is 2.27. The molecule has 2 rings (SSSR count). The van der Waals surface area contributed by atoms with Crippen molar-refractivity contribution in [2.24, 2.45) is 0 Å². The van der Waals surface area contributed by atoms with Crippen molar-refractivity contribution in [3.05, 3.63) is 29.3 Å². The molecule has 1 unspecified atom stereocenters. The Balaban J connectivity index is 1.97. The average Bonchev–Trinajstić information content (AvgIpc) is 2.68. The predicted molar refractivity (Wildman–Crippen MR) is 59.8 cm³/mol. The second-order valence-corrected chi connectivity index (χ2v) is 3.88. The minimum atomic E-state index is -0.525. The molecule has 1 aromatic rings. The Bertz CT molecular complexity index is 419. The lowest BCUT2D eigenvalue weighted by molar-refractivity contribution is -0.121. The van der Waals surface area contributed by atoms with Crippen LogP contribution >= 0.6 is 11.6 Å². The molecule has 1 aromatic carbocycles. The smallest absolute Gasteiger partial charge is 0.243 e. The van der Waals surface area contributed by atoms with Gasteiger partial charge in [0.1, 0.15) is 6.04 Å². The van der Waals surface area contributed by atoms with Crippen LogP contribution in [-0.2, 0) is 9.59 Å². The van der Waals surface area contributed by atoms with Crippen LogP contribution in [0.2, 0.25) is 5.02 Å². The summed E-state index contributed by atoms with van der Waals surface area (Å²) in [6.45, 7) is 0. The molecule has 0 aliphatic carbocycles. The first-order chi connectivity index (χ1) is 7.65. The van der Waals surface area contributed by atoms with Crippen LogP contribution in [0.4, 0.5) is 5.69 Å². The molecule has 1 atom stereocenters. The first kappa shape index (κ1) is 10.9. The quantitative estimate of drug-likeness (QED) is 0.711. The second-order valence-electron chi connectivity index (χ2n) is 3.45. The molecule has 6 heteroatoms. The molecule has 3 N–H and O–H groups in total. The van der Waals surface area contributed by atoms with E-state index < -0.39 is 6.04 Å². The van der Waals surface area contributed by atoms with Gasteiger partial charge in [-0.2, -0.15) is 0 Å². The van der Waals surface area contributed by atoms with Crippen molar-refractivity contribution in [1.29, 1.82) is 0 Å². The standard InChI is InChI=1S/C10H10ClN3O2/c11-6-1-3-7(4-2-6)12-10(16)8-5-9(15)14-13-8/h1-4,8,13H,5H2,(H,12,16)(H,14,15). The van der Waals surface area contributed by atoms with Crippen LogP contribution in [0.15, 0.2) is 24.3 Å². The molecule has 0 saturated carbocycles. The van der Waals surface area contributed by atoms with E-state index in [4.69, 9.17) is 11.6 Å². The highest BCUT2D eigenvalue weighted by molar-refractivity contribution is 6.30. The van der Waals surface area contributed by atoms with E-state index in [0.717, 1.165) is 0 Å². The van der Waals surface area contributed by atoms with Gasteiger partial charge in [-0.1, -0.05) is 11.6 Å². The predicted octanol–water partition coefficient (Wildman–Crippen LogP) is 0.672. The van der Waals surface area contributed by atoms with Gasteiger partial charge in [-0.05, 0) is 24.3 Å². The molecule has 5 nitrogen and oxygen atoms in total. The second kappa shape index (κ2) is 4.51. The topological polar surface area (TPSA) is 70.2 Å². The van der Waals surface area contributed by atoms with Crippen LogP contribution < -0.4 is 16.2 Å². The monoisotopic (exact) mass is 239 g/mol. The lowest BCUT2D eigenvalue weighted by Crippen LogP contribution is -2.39. The van der Waals surface area contributed by atoms with Gasteiger partial charge in [-0.3, -0.25) is 15.0 Å². The average molecular weight is 240 g/mol. The van der Waals surface area contributed by atoms with E-state index in [-0.39, 0.29) is 18.2 Å². The molecule has 1 saturated heterocycles. The van der Waals surface area contributed by atoms with E-state index in [2.05, 4.69) is 16.2 Å². The van der Waals surface area contributed by atoms with E-state index in [1.165, 1.54) is 0 Å². The Morgan fingerprint density at radius 3 is 2.62 bits per heavy atom. The zero-order chi connectivity index (χ0) is 11.5. The van der Waals surface area contributed by atoms with Gasteiger partial charge in [-0.25, -0.2) is 5.43 Å². The summed E-state index contributed by atoms with van der Waals surface area (Å²) in [7, 11) is 0. The Morgan fingerprint density at radius 1 is 1.38 bits per heavy atom. The fraction of sp³-hybridized carbons (Fsp3) is 0.200. The molecule has 1 aliphatic heterocycles. The van der Waals surface area contributed by atoms with Crippen LogP contribution in [0.1, 0.15) is 6.42 Å². The highest BCUT2D eigenvalue weighted by Crippen LogP contribution is 2.14. The summed E-state index contributed by atoms with van der Waals surface area (Å²) in [4.78, 5) is 22.5. The Kier molecular flexibility index (Phi) is 3.07. The number of hydrazine groups is 1. The largest absolute Gasteiger partial charge is 0.325 e. The molecule has 0 bridgehead atoms. The maximum absolute atomic E-state index is 11.6. The molecular weight excluding hydrogens is 230 g/mol. The summed E-state index contributed by atoms with van der Waals surface area (Å²) in [5.41, 5.74) is 5.62. The van der Waals surface area contributed by atoms with Gasteiger partial charge in [0, 0.05) is 10.7 Å². The number of anilines is 1. The molecule has 0 radical (unpaired) electrons. The number of hydrogen-bond acceptors (Lipinski definition) is 3. The van der Waals surface area contributed by atoms with E-state index in [1.54, 1.807) is 24.3 Å². The van der Waals surface area contributed by atoms with Crippen LogP contribution in [0.3, 0.4) is 0 Å². The third-order valence-electron chi connectivity index (χ3n) is 2.20. The van der Waals surface area contributed by atoms with Crippen molar-refractivity contribution in [2.45, 2.75) is 12.5 Å². The van der Waals surface area contributed by atoms with Crippen molar-refractivity contribution < 1.29 is 9.59 Å². The van der Waals surface area contributed by atoms with E-state index in [1.807, 2.05) is 0 Å². The number of halogens is 1. The van der Waals surface area contributed by atoms with Gasteiger partial charge in [0.25, 0.3) is 0 Å². The molecule has 1 heterocycles. The van der Waals surface area contributed by atoms with Crippen molar-refractivity contribution in [2.75, 3.05) is 5.32 Å². The number of hydrogen-bond donors (Lipinski definition) is 3. The lowest BCUT2D eigenvalue weighted by atomic mass is 10.2. The lowest BCUT2D eigenvalue weighted by Gasteiger charge is -2.09. The summed E-state index contributed by atoms with van der Waals surface area (Å²) in [5.74, 6) is -0.433. The molecule has 1 aliphatic rings. The SMILES string of the molecule is O=C1CC(C(=O)Nc2ccc(Cl)cc2)NN1. The van der Waals surface area contributed by atoms with E-state index in [9.17, 15) is 9.59 Å². The Morgan fingerprint density at radius 2 is 2.06 bits per heavy atom. The van der Waals surface area contributed by atoms with E-state index in [0.29, 0.717) is 10.7 Å². The molecule has 0 aromatic heterocycles. The van der Waals surface area contributed by atoms with Gasteiger partial charge < -0.3 is 5.32 Å². The fourth-order valence-corrected chi connectivity index (χ4v) is 1.50. The van der Waals surface area contributed by atoms with Gasteiger partial charge in [-0.15, -0.1) is 0 Å². The number of carbonyl (C=O) groups is 2. The minimum Gasteiger partial charge on any atom is -0.325 e. The van der Waals surface area contributed by atoms with Gasteiger partial charge in [0.2, 0.25) is 11.8 Å². The van der Waals surface area contributed by atoms with Crippen LogP contribution in [-0.4, -0.2) is 17.9 Å². The molecule has 84 valence electrons. The molecule has 1 fully saturated rings. The number of amides is 2. The summed E-state index contributed by atoms with van der Waals surface area (Å²) in [6.07, 6.45) is 0.152. The Hall–Kier alpha value is -1.59. The molecular formula is C10H10ClN3O2. The Labute approximate surface area is 97.1 Å². The highest BCUT2D eigenvalue weighted by atomic mass is 35.5. The maximum atomic E-state index is 11.6. The van der Waals surface area contributed by atoms with Gasteiger partial charge in [0.15, 0.2) is 0 Å². The zero-order valence-electron chi connectivity index (χ0n) is 8.29. The van der Waals surface area contributed by atoms with Crippen molar-refractivity contribution in [3.8, 4) is 0 Å². The van der Waals surface area contributed by atoms with E-state index >= 15 is 0 Å². The number of rotatable bonds is 2. The maximum Gasteiger partial charge on any atom is 0.243 e. The summed E-state index contributed by atoms with van der Waals surface area (Å²) in [6, 6.07) is 6.24. The summed E-state index contributed by atoms with van der Waals surface area (Å²) < 4.78 is 0. The molecule has 0 spiro atoms. The first-order valence-corrected chi connectivity index (χ1v) is 5.14. The molecule has 16 heavy (non-hydrogen) atoms. The number of benzene rings is 1. The van der Waals surface area contributed by atoms with Crippen molar-refractivity contribution >= 4 is 29.1 Å². The van der Waals surface area contributed by atoms with Crippen LogP contribution in [0.5, 0.6) is 0 Å². The summed E-state index contributed by atoms with van der Waals surface area (Å²) >= 11 is 5.71. The van der Waals surface area contributed by atoms with Gasteiger partial charge in [0.05, 0.1) is 6.42 Å². The zero-order valence-corrected chi connectivity index (χ0v) is 9.04. The molecule has 2 amide bonds. The summed E-state index contributed by atoms with van der Waals surface area (Å²) in [5, 5.41) is 3.28. The van der Waals surface area contributed by atoms with Crippen LogP contribution in [0, 0.1) is 0 Å². The first-order valence-electron chi connectivity index (χ1n) is 4.76. The van der Waals surface area contributed by atoms with Crippen LogP contribution in [0.25, 0.3) is 0 Å². The third kappa shape index (κ3) is 2.50. The van der Waals surface area contributed by atoms with Crippen molar-refractivity contribution in [1.82, 2.24) is 10.9 Å². The third-order valence-corrected chi connectivity index (χ3v) is 2.46. The van der Waals surface area contributed by atoms with Gasteiger partial charge >= 0.3 is 0 Å². The van der Waals surface area contributed by atoms with Crippen molar-refractivity contribution in [3.63, 3.8) is 0 Å². The normalized spacial score (nSPS) is 19.3. The number of nitrogens with one attached hydrogen (secondary N) is 3. The minimum absolute atomic E-state index is 0.152. The fourth-order valence-electron chi connectivity index (χ4n) is 1.38.